The Morgan fingerprint density at radius 1 is 1.33 bits per heavy atom. The number of benzene rings is 1. The zero-order valence-corrected chi connectivity index (χ0v) is 10.8. The molecule has 0 radical (unpaired) electrons. The Kier molecular flexibility index (Phi) is 3.84. The van der Waals surface area contributed by atoms with Crippen LogP contribution in [-0.2, 0) is 10.0 Å². The molecule has 0 saturated carbocycles. The number of rotatable bonds is 1. The van der Waals surface area contributed by atoms with Crippen molar-refractivity contribution in [2.75, 3.05) is 30.3 Å². The molecule has 0 atom stereocenters. The lowest BCUT2D eigenvalue weighted by atomic mass is 10.2. The van der Waals surface area contributed by atoms with Gasteiger partial charge in [0.15, 0.2) is 0 Å². The molecule has 96 valence electrons. The second kappa shape index (κ2) is 5.38. The summed E-state index contributed by atoms with van der Waals surface area (Å²) >= 11 is 0. The van der Waals surface area contributed by atoms with Crippen molar-refractivity contribution in [3.63, 3.8) is 0 Å². The van der Waals surface area contributed by atoms with Crippen molar-refractivity contribution < 1.29 is 8.42 Å². The third-order valence-electron chi connectivity index (χ3n) is 2.89. The zero-order valence-electron chi connectivity index (χ0n) is 9.96. The molecule has 0 spiro atoms. The highest BCUT2D eigenvalue weighted by Crippen LogP contribution is 2.16. The maximum absolute atomic E-state index is 11.4. The van der Waals surface area contributed by atoms with Gasteiger partial charge in [-0.1, -0.05) is 6.07 Å². The quantitative estimate of drug-likeness (QED) is 0.810. The van der Waals surface area contributed by atoms with Crippen LogP contribution in [0.15, 0.2) is 24.3 Å². The summed E-state index contributed by atoms with van der Waals surface area (Å²) in [6.45, 7) is 1.71. The standard InChI is InChI=1S/C12H15N3O2S/c13-10-11-3-1-4-12(9-11)15-6-2-8-18(16,17)14-5-7-15/h1,3-4,9,14H,2,5-8H2. The van der Waals surface area contributed by atoms with Crippen molar-refractivity contribution in [3.8, 4) is 6.07 Å². The smallest absolute Gasteiger partial charge is 0.211 e. The first kappa shape index (κ1) is 12.9. The van der Waals surface area contributed by atoms with Gasteiger partial charge in [0.1, 0.15) is 0 Å². The minimum atomic E-state index is -3.09. The summed E-state index contributed by atoms with van der Waals surface area (Å²) < 4.78 is 25.3. The van der Waals surface area contributed by atoms with Crippen molar-refractivity contribution in [2.24, 2.45) is 0 Å². The molecule has 1 fully saturated rings. The lowest BCUT2D eigenvalue weighted by Crippen LogP contribution is -2.40. The maximum Gasteiger partial charge on any atom is 0.211 e. The van der Waals surface area contributed by atoms with Crippen LogP contribution in [0.1, 0.15) is 12.0 Å². The molecule has 0 bridgehead atoms. The Hall–Kier alpha value is -1.58. The summed E-state index contributed by atoms with van der Waals surface area (Å²) in [5, 5.41) is 8.87. The van der Waals surface area contributed by atoms with Crippen LogP contribution in [0.5, 0.6) is 0 Å². The van der Waals surface area contributed by atoms with Crippen LogP contribution in [-0.4, -0.2) is 33.8 Å². The molecule has 0 aromatic heterocycles. The minimum absolute atomic E-state index is 0.154. The van der Waals surface area contributed by atoms with Crippen LogP contribution >= 0.6 is 0 Å². The Morgan fingerprint density at radius 3 is 2.94 bits per heavy atom. The van der Waals surface area contributed by atoms with E-state index in [-0.39, 0.29) is 5.75 Å². The molecule has 1 aromatic carbocycles. The molecular weight excluding hydrogens is 250 g/mol. The second-order valence-electron chi connectivity index (χ2n) is 4.22. The van der Waals surface area contributed by atoms with Crippen LogP contribution < -0.4 is 9.62 Å². The van der Waals surface area contributed by atoms with Crippen LogP contribution in [0.4, 0.5) is 5.69 Å². The lowest BCUT2D eigenvalue weighted by Gasteiger charge is -2.27. The molecular formula is C12H15N3O2S. The number of hydrogen-bond donors (Lipinski definition) is 1. The average Bonchev–Trinajstić information content (AvgIpc) is 2.34. The van der Waals surface area contributed by atoms with Crippen LogP contribution in [0, 0.1) is 11.3 Å². The van der Waals surface area contributed by atoms with Crippen molar-refractivity contribution in [2.45, 2.75) is 6.42 Å². The fraction of sp³-hybridized carbons (Fsp3) is 0.417. The van der Waals surface area contributed by atoms with Crippen molar-refractivity contribution >= 4 is 15.7 Å². The third-order valence-corrected chi connectivity index (χ3v) is 4.36. The van der Waals surface area contributed by atoms with E-state index >= 15 is 0 Å². The van der Waals surface area contributed by atoms with Gasteiger partial charge in [-0.25, -0.2) is 13.1 Å². The number of nitrogens with zero attached hydrogens (tertiary/aromatic N) is 2. The van der Waals surface area contributed by atoms with Gasteiger partial charge in [-0.05, 0) is 24.6 Å². The maximum atomic E-state index is 11.4. The van der Waals surface area contributed by atoms with Gasteiger partial charge in [-0.3, -0.25) is 0 Å². The van der Waals surface area contributed by atoms with E-state index in [2.05, 4.69) is 15.7 Å². The van der Waals surface area contributed by atoms with Crippen molar-refractivity contribution in [3.05, 3.63) is 29.8 Å². The topological polar surface area (TPSA) is 73.2 Å². The Bertz CT molecular complexity index is 547. The normalized spacial score (nSPS) is 19.6. The molecule has 0 aliphatic carbocycles. The highest BCUT2D eigenvalue weighted by molar-refractivity contribution is 7.89. The molecule has 0 unspecified atom stereocenters. The van der Waals surface area contributed by atoms with E-state index in [1.807, 2.05) is 18.2 Å². The summed E-state index contributed by atoms with van der Waals surface area (Å²) in [6.07, 6.45) is 0.589. The predicted molar refractivity (Wildman–Crippen MR) is 69.8 cm³/mol. The third kappa shape index (κ3) is 3.22. The Balaban J connectivity index is 2.12. The molecule has 6 heteroatoms. The van der Waals surface area contributed by atoms with Crippen LogP contribution in [0.3, 0.4) is 0 Å². The van der Waals surface area contributed by atoms with Gasteiger partial charge < -0.3 is 4.90 Å². The van der Waals surface area contributed by atoms with Crippen LogP contribution in [0.2, 0.25) is 0 Å². The SMILES string of the molecule is N#Cc1cccc(N2CCCS(=O)(=O)NCC2)c1. The van der Waals surface area contributed by atoms with Gasteiger partial charge in [0.2, 0.25) is 10.0 Å². The van der Waals surface area contributed by atoms with Gasteiger partial charge in [0.25, 0.3) is 0 Å². The first-order valence-corrected chi connectivity index (χ1v) is 7.48. The molecule has 2 rings (SSSR count). The Morgan fingerprint density at radius 2 is 2.17 bits per heavy atom. The second-order valence-corrected chi connectivity index (χ2v) is 6.14. The predicted octanol–water partition coefficient (Wildman–Crippen LogP) is 0.688. The molecule has 1 N–H and O–H groups in total. The van der Waals surface area contributed by atoms with Gasteiger partial charge >= 0.3 is 0 Å². The fourth-order valence-electron chi connectivity index (χ4n) is 2.00. The Labute approximate surface area is 107 Å². The van der Waals surface area contributed by atoms with Gasteiger partial charge in [0, 0.05) is 25.3 Å². The summed E-state index contributed by atoms with van der Waals surface area (Å²) in [6, 6.07) is 9.48. The average molecular weight is 265 g/mol. The molecule has 5 nitrogen and oxygen atoms in total. The van der Waals surface area contributed by atoms with E-state index in [1.165, 1.54) is 0 Å². The van der Waals surface area contributed by atoms with Crippen molar-refractivity contribution in [1.29, 1.82) is 5.26 Å². The van der Waals surface area contributed by atoms with E-state index in [1.54, 1.807) is 6.07 Å². The molecule has 1 aliphatic heterocycles. The minimum Gasteiger partial charge on any atom is -0.370 e. The summed E-state index contributed by atoms with van der Waals surface area (Å²) in [5.41, 5.74) is 1.59. The number of anilines is 1. The van der Waals surface area contributed by atoms with E-state index in [4.69, 9.17) is 5.26 Å². The molecule has 1 heterocycles. The molecule has 0 amide bonds. The number of nitrogens with one attached hydrogen (secondary N) is 1. The van der Waals surface area contributed by atoms with Gasteiger partial charge in [0.05, 0.1) is 17.4 Å². The van der Waals surface area contributed by atoms with Gasteiger partial charge in [-0.2, -0.15) is 5.26 Å². The van der Waals surface area contributed by atoms with E-state index in [0.717, 1.165) is 5.69 Å². The number of nitriles is 1. The highest BCUT2D eigenvalue weighted by atomic mass is 32.2. The molecule has 1 aliphatic rings. The monoisotopic (exact) mass is 265 g/mol. The molecule has 1 saturated heterocycles. The van der Waals surface area contributed by atoms with Gasteiger partial charge in [-0.15, -0.1) is 0 Å². The zero-order chi connectivity index (χ0) is 13.0. The van der Waals surface area contributed by atoms with E-state index in [0.29, 0.717) is 31.6 Å². The van der Waals surface area contributed by atoms with E-state index < -0.39 is 10.0 Å². The molecule has 18 heavy (non-hydrogen) atoms. The van der Waals surface area contributed by atoms with Crippen molar-refractivity contribution in [1.82, 2.24) is 4.72 Å². The largest absolute Gasteiger partial charge is 0.370 e. The summed E-state index contributed by atoms with van der Waals surface area (Å²) in [5.74, 6) is 0.154. The number of sulfonamides is 1. The summed E-state index contributed by atoms with van der Waals surface area (Å²) in [7, 11) is -3.09. The number of hydrogen-bond acceptors (Lipinski definition) is 4. The lowest BCUT2D eigenvalue weighted by molar-refractivity contribution is 0.570. The summed E-state index contributed by atoms with van der Waals surface area (Å²) in [4.78, 5) is 2.10. The van der Waals surface area contributed by atoms with E-state index in [9.17, 15) is 8.42 Å². The molecule has 1 aromatic rings. The fourth-order valence-corrected chi connectivity index (χ4v) is 3.05. The first-order valence-electron chi connectivity index (χ1n) is 5.83. The highest BCUT2D eigenvalue weighted by Gasteiger charge is 2.16. The van der Waals surface area contributed by atoms with Crippen LogP contribution in [0.25, 0.3) is 0 Å². The first-order chi connectivity index (χ1) is 8.61.